The third kappa shape index (κ3) is 2.17. The van der Waals surface area contributed by atoms with Crippen LogP contribution in [0.1, 0.15) is 28.2 Å². The van der Waals surface area contributed by atoms with Crippen LogP contribution in [-0.4, -0.2) is 11.3 Å². The Morgan fingerprint density at radius 1 is 0.650 bits per heavy atom. The zero-order chi connectivity index (χ0) is 25.9. The fourth-order valence-electron chi connectivity index (χ4n) is 8.39. The third-order valence-electron chi connectivity index (χ3n) is 9.71. The summed E-state index contributed by atoms with van der Waals surface area (Å²) in [5, 5.41) is 4.19. The normalized spacial score (nSPS) is 15.8. The Bertz CT molecular complexity index is 2470. The molecule has 0 amide bonds. The lowest BCUT2D eigenvalue weighted by molar-refractivity contribution is 1.03. The van der Waals surface area contributed by atoms with Crippen LogP contribution in [-0.2, 0) is 0 Å². The predicted molar refractivity (Wildman–Crippen MR) is 174 cm³/mol. The van der Waals surface area contributed by atoms with Crippen LogP contribution in [0, 0.1) is 6.92 Å². The molecule has 11 rings (SSSR count). The Balaban J connectivity index is 1.38. The van der Waals surface area contributed by atoms with Gasteiger partial charge < -0.3 is 4.48 Å². The smallest absolute Gasteiger partial charge is 0.329 e. The topological polar surface area (TPSA) is 4.93 Å². The first-order chi connectivity index (χ1) is 19.8. The van der Waals surface area contributed by atoms with Gasteiger partial charge in [0.1, 0.15) is 0 Å². The number of hydrogen-bond donors (Lipinski definition) is 0. The van der Waals surface area contributed by atoms with Gasteiger partial charge in [-0.3, -0.25) is 0 Å². The molecule has 4 heteroatoms. The first-order valence-corrected chi connectivity index (χ1v) is 15.6. The average molecular weight is 542 g/mol. The zero-order valence-electron chi connectivity index (χ0n) is 21.7. The summed E-state index contributed by atoms with van der Waals surface area (Å²) in [6.07, 6.45) is 0. The lowest BCUT2D eigenvalue weighted by atomic mass is 9.41. The minimum absolute atomic E-state index is 0.171. The second-order valence-corrected chi connectivity index (χ2v) is 13.8. The van der Waals surface area contributed by atoms with E-state index in [0.717, 1.165) is 0 Å². The molecule has 3 aromatic heterocycles. The molecule has 1 unspecified atom stereocenters. The van der Waals surface area contributed by atoms with E-state index >= 15 is 0 Å². The summed E-state index contributed by atoms with van der Waals surface area (Å²) < 4.78 is 6.93. The highest BCUT2D eigenvalue weighted by molar-refractivity contribution is 7.27. The molecule has 1 aliphatic carbocycles. The molecular formula is C36H20BNS2. The van der Waals surface area contributed by atoms with Gasteiger partial charge in [0.15, 0.2) is 0 Å². The predicted octanol–water partition coefficient (Wildman–Crippen LogP) is 8.64. The van der Waals surface area contributed by atoms with E-state index in [1.165, 1.54) is 96.0 Å². The molecule has 0 fully saturated rings. The molecule has 0 bridgehead atoms. The lowest BCUT2D eigenvalue weighted by Gasteiger charge is -2.37. The van der Waals surface area contributed by atoms with Crippen molar-refractivity contribution < 1.29 is 0 Å². The highest BCUT2D eigenvalue weighted by atomic mass is 32.1. The largest absolute Gasteiger partial charge is 0.374 e. The Labute approximate surface area is 239 Å². The quantitative estimate of drug-likeness (QED) is 0.169. The van der Waals surface area contributed by atoms with E-state index in [1.54, 1.807) is 0 Å². The molecule has 40 heavy (non-hydrogen) atoms. The molecule has 3 aliphatic rings. The third-order valence-corrected chi connectivity index (χ3v) is 12.1. The minimum atomic E-state index is 0.171. The van der Waals surface area contributed by atoms with Gasteiger partial charge in [0.05, 0.1) is 10.2 Å². The number of aromatic nitrogens is 1. The van der Waals surface area contributed by atoms with Crippen LogP contribution in [0.25, 0.3) is 62.9 Å². The molecule has 5 heterocycles. The van der Waals surface area contributed by atoms with Crippen LogP contribution in [0.4, 0.5) is 0 Å². The molecule has 0 radical (unpaired) electrons. The molecule has 0 N–H and O–H groups in total. The number of rotatable bonds is 0. The van der Waals surface area contributed by atoms with Crippen LogP contribution in [0.5, 0.6) is 0 Å². The van der Waals surface area contributed by atoms with Gasteiger partial charge >= 0.3 is 6.85 Å². The van der Waals surface area contributed by atoms with Gasteiger partial charge in [0.25, 0.3) is 0 Å². The van der Waals surface area contributed by atoms with Gasteiger partial charge in [-0.15, -0.1) is 22.7 Å². The van der Waals surface area contributed by atoms with Crippen molar-refractivity contribution in [3.05, 3.63) is 119 Å². The number of thiophene rings is 2. The van der Waals surface area contributed by atoms with Crippen molar-refractivity contribution >= 4 is 81.7 Å². The molecule has 8 aromatic rings. The van der Waals surface area contributed by atoms with Crippen molar-refractivity contribution in [3.63, 3.8) is 0 Å². The Morgan fingerprint density at radius 3 is 2.30 bits per heavy atom. The number of nitrogens with zero attached hydrogens (tertiary/aromatic N) is 1. The summed E-state index contributed by atoms with van der Waals surface area (Å²) in [6.45, 7) is 2.46. The molecule has 1 nitrogen and oxygen atoms in total. The maximum atomic E-state index is 2.73. The van der Waals surface area contributed by atoms with E-state index in [9.17, 15) is 0 Å². The van der Waals surface area contributed by atoms with Crippen molar-refractivity contribution in [1.82, 2.24) is 4.48 Å². The summed E-state index contributed by atoms with van der Waals surface area (Å²) >= 11 is 3.93. The molecule has 0 saturated carbocycles. The SMILES string of the molecule is Cc1cc2c3c(c1)C1c4c(cccc4-c4sc5ccccc5c41)B3n1c3c-2cccc3c2sc3ccccc3c21. The van der Waals surface area contributed by atoms with E-state index in [1.807, 2.05) is 22.7 Å². The standard InChI is InChI=1S/C36H20BNS2/c1-18-16-24-19-10-6-12-23-33(19)38(34-21-9-3-5-15-28(21)40-36(23)34)37-26-13-7-11-22-29(26)30(25(17-18)32(24)37)31-20-8-2-4-14-27(20)39-35(22)31/h2-17,30H,1H3. The number of para-hydroxylation sites is 1. The van der Waals surface area contributed by atoms with Crippen LogP contribution >= 0.6 is 22.7 Å². The van der Waals surface area contributed by atoms with Gasteiger partial charge in [-0.2, -0.15) is 0 Å². The molecule has 1 atom stereocenters. The number of fused-ring (bicyclic) bond motifs is 14. The van der Waals surface area contributed by atoms with Gasteiger partial charge in [-0.05, 0) is 63.2 Å². The summed E-state index contributed by atoms with van der Waals surface area (Å²) in [7, 11) is 0. The van der Waals surface area contributed by atoms with Crippen molar-refractivity contribution in [2.75, 3.05) is 0 Å². The van der Waals surface area contributed by atoms with E-state index in [0.29, 0.717) is 0 Å². The van der Waals surface area contributed by atoms with Crippen molar-refractivity contribution in [2.45, 2.75) is 12.8 Å². The molecular weight excluding hydrogens is 521 g/mol. The monoisotopic (exact) mass is 541 g/mol. The van der Waals surface area contributed by atoms with Gasteiger partial charge in [-0.25, -0.2) is 0 Å². The highest BCUT2D eigenvalue weighted by Crippen LogP contribution is 2.56. The van der Waals surface area contributed by atoms with Crippen LogP contribution in [0.15, 0.2) is 97.1 Å². The minimum Gasteiger partial charge on any atom is -0.374 e. The number of benzene rings is 5. The summed E-state index contributed by atoms with van der Waals surface area (Å²) in [5.41, 5.74) is 16.0. The van der Waals surface area contributed by atoms with Gasteiger partial charge in [0.2, 0.25) is 0 Å². The van der Waals surface area contributed by atoms with E-state index in [2.05, 4.69) is 108 Å². The van der Waals surface area contributed by atoms with Crippen LogP contribution in [0.3, 0.4) is 0 Å². The van der Waals surface area contributed by atoms with E-state index in [4.69, 9.17) is 0 Å². The van der Waals surface area contributed by atoms with Crippen molar-refractivity contribution in [3.8, 4) is 21.6 Å². The summed E-state index contributed by atoms with van der Waals surface area (Å²) in [4.78, 5) is 1.47. The van der Waals surface area contributed by atoms with Gasteiger partial charge in [-0.1, -0.05) is 90.5 Å². The Hall–Kier alpha value is -4.12. The summed E-state index contributed by atoms with van der Waals surface area (Å²) in [6, 6.07) is 37.1. The Morgan fingerprint density at radius 2 is 1.40 bits per heavy atom. The molecule has 0 saturated heterocycles. The summed E-state index contributed by atoms with van der Waals surface area (Å²) in [5.74, 6) is 0.285. The fourth-order valence-corrected chi connectivity index (χ4v) is 10.9. The van der Waals surface area contributed by atoms with Crippen molar-refractivity contribution in [1.29, 1.82) is 0 Å². The number of aryl methyl sites for hydroxylation is 1. The highest BCUT2D eigenvalue weighted by Gasteiger charge is 2.47. The fraction of sp³-hybridized carbons (Fsp3) is 0.0556. The lowest BCUT2D eigenvalue weighted by Crippen LogP contribution is -2.57. The van der Waals surface area contributed by atoms with Gasteiger partial charge in [0, 0.05) is 42.0 Å². The first kappa shape index (κ1) is 20.7. The first-order valence-electron chi connectivity index (χ1n) is 14.0. The van der Waals surface area contributed by atoms with Crippen LogP contribution < -0.4 is 10.9 Å². The van der Waals surface area contributed by atoms with Crippen LogP contribution in [0.2, 0.25) is 0 Å². The number of hydrogen-bond acceptors (Lipinski definition) is 2. The van der Waals surface area contributed by atoms with E-state index < -0.39 is 0 Å². The molecule has 5 aromatic carbocycles. The molecule has 2 aliphatic heterocycles. The van der Waals surface area contributed by atoms with Crippen molar-refractivity contribution in [2.24, 2.45) is 0 Å². The maximum Gasteiger partial charge on any atom is 0.329 e. The molecule has 0 spiro atoms. The average Bonchev–Trinajstić information content (AvgIpc) is 3.71. The Kier molecular flexibility index (Phi) is 3.51. The second kappa shape index (κ2) is 6.78. The zero-order valence-corrected chi connectivity index (χ0v) is 23.3. The second-order valence-electron chi connectivity index (χ2n) is 11.6. The molecule has 184 valence electrons. The maximum absolute atomic E-state index is 2.73. The van der Waals surface area contributed by atoms with E-state index in [-0.39, 0.29) is 12.8 Å².